The van der Waals surface area contributed by atoms with Crippen LogP contribution in [0.15, 0.2) is 36.4 Å². The van der Waals surface area contributed by atoms with Gasteiger partial charge in [0.2, 0.25) is 0 Å². The van der Waals surface area contributed by atoms with Gasteiger partial charge < -0.3 is 10.4 Å². The number of pyridine rings is 1. The fourth-order valence-electron chi connectivity index (χ4n) is 1.50. The lowest BCUT2D eigenvalue weighted by Crippen LogP contribution is -2.13. The summed E-state index contributed by atoms with van der Waals surface area (Å²) < 4.78 is 0. The summed E-state index contributed by atoms with van der Waals surface area (Å²) in [6, 6.07) is 9.89. The molecule has 0 saturated heterocycles. The lowest BCUT2D eigenvalue weighted by atomic mass is 10.1. The van der Waals surface area contributed by atoms with E-state index in [1.807, 2.05) is 0 Å². The molecule has 1 amide bonds. The fourth-order valence-corrected chi connectivity index (χ4v) is 1.67. The molecule has 0 aliphatic carbocycles. The third kappa shape index (κ3) is 2.60. The van der Waals surface area contributed by atoms with Crippen LogP contribution >= 0.6 is 11.6 Å². The van der Waals surface area contributed by atoms with Crippen LogP contribution in [0, 0.1) is 6.92 Å². The zero-order valence-corrected chi connectivity index (χ0v) is 10.4. The number of hydrogen-bond acceptors (Lipinski definition) is 3. The first kappa shape index (κ1) is 12.4. The van der Waals surface area contributed by atoms with Crippen LogP contribution < -0.4 is 5.32 Å². The van der Waals surface area contributed by atoms with Crippen LogP contribution in [0.5, 0.6) is 5.75 Å². The summed E-state index contributed by atoms with van der Waals surface area (Å²) in [7, 11) is 0. The van der Waals surface area contributed by atoms with Crippen molar-refractivity contribution >= 4 is 23.3 Å². The van der Waals surface area contributed by atoms with Crippen molar-refractivity contribution in [2.45, 2.75) is 6.92 Å². The van der Waals surface area contributed by atoms with Crippen molar-refractivity contribution in [1.29, 1.82) is 0 Å². The van der Waals surface area contributed by atoms with Gasteiger partial charge in [0.15, 0.2) is 0 Å². The number of carbonyl (C=O) groups is 1. The standard InChI is InChI=1S/C13H11ClN2O2/c1-8-4-2-5-9(12(8)17)13(18)16-11-7-3-6-10(14)15-11/h2-7,17H,1H3,(H,15,16,18). The molecule has 0 saturated carbocycles. The predicted octanol–water partition coefficient (Wildman–Crippen LogP) is 3.00. The van der Waals surface area contributed by atoms with Gasteiger partial charge in [0.05, 0.1) is 5.56 Å². The Morgan fingerprint density at radius 1 is 1.28 bits per heavy atom. The van der Waals surface area contributed by atoms with Gasteiger partial charge in [-0.25, -0.2) is 4.98 Å². The normalized spacial score (nSPS) is 10.1. The molecular formula is C13H11ClN2O2. The number of aryl methyl sites for hydroxylation is 1. The molecule has 0 spiro atoms. The number of hydrogen-bond donors (Lipinski definition) is 2. The Kier molecular flexibility index (Phi) is 3.48. The number of anilines is 1. The Hall–Kier alpha value is -2.07. The maximum absolute atomic E-state index is 11.9. The predicted molar refractivity (Wildman–Crippen MR) is 70.0 cm³/mol. The molecule has 1 aromatic heterocycles. The van der Waals surface area contributed by atoms with Gasteiger partial charge in [-0.1, -0.05) is 29.8 Å². The number of phenolic OH excluding ortho intramolecular Hbond substituents is 1. The molecule has 92 valence electrons. The van der Waals surface area contributed by atoms with Gasteiger partial charge in [-0.3, -0.25) is 4.79 Å². The monoisotopic (exact) mass is 262 g/mol. The highest BCUT2D eigenvalue weighted by Crippen LogP contribution is 2.22. The van der Waals surface area contributed by atoms with E-state index in [0.717, 1.165) is 0 Å². The number of nitrogens with one attached hydrogen (secondary N) is 1. The number of carbonyl (C=O) groups excluding carboxylic acids is 1. The molecule has 2 aromatic rings. The van der Waals surface area contributed by atoms with Gasteiger partial charge in [-0.05, 0) is 30.7 Å². The maximum Gasteiger partial charge on any atom is 0.260 e. The quantitative estimate of drug-likeness (QED) is 0.818. The number of benzene rings is 1. The summed E-state index contributed by atoms with van der Waals surface area (Å²) in [6.07, 6.45) is 0. The molecule has 0 radical (unpaired) electrons. The van der Waals surface area contributed by atoms with E-state index >= 15 is 0 Å². The fraction of sp³-hybridized carbons (Fsp3) is 0.0769. The molecule has 5 heteroatoms. The molecule has 4 nitrogen and oxygen atoms in total. The second kappa shape index (κ2) is 5.06. The topological polar surface area (TPSA) is 62.2 Å². The zero-order chi connectivity index (χ0) is 13.1. The van der Waals surface area contributed by atoms with Gasteiger partial charge >= 0.3 is 0 Å². The van der Waals surface area contributed by atoms with Gasteiger partial charge in [-0.15, -0.1) is 0 Å². The largest absolute Gasteiger partial charge is 0.507 e. The summed E-state index contributed by atoms with van der Waals surface area (Å²) >= 11 is 5.72. The average Bonchev–Trinajstić information content (AvgIpc) is 2.32. The molecular weight excluding hydrogens is 252 g/mol. The maximum atomic E-state index is 11.9. The third-order valence-corrected chi connectivity index (χ3v) is 2.65. The number of amides is 1. The van der Waals surface area contributed by atoms with Gasteiger partial charge in [0.1, 0.15) is 16.7 Å². The number of halogens is 1. The summed E-state index contributed by atoms with van der Waals surface area (Å²) in [5, 5.41) is 12.7. The Morgan fingerprint density at radius 2 is 2.00 bits per heavy atom. The Balaban J connectivity index is 2.25. The van der Waals surface area contributed by atoms with E-state index in [1.54, 1.807) is 43.3 Å². The molecule has 2 N–H and O–H groups in total. The molecule has 0 aliphatic rings. The Morgan fingerprint density at radius 3 is 2.72 bits per heavy atom. The van der Waals surface area contributed by atoms with Crippen LogP contribution in [0.4, 0.5) is 5.82 Å². The summed E-state index contributed by atoms with van der Waals surface area (Å²) in [6.45, 7) is 1.73. The van der Waals surface area contributed by atoms with Crippen molar-refractivity contribution in [2.75, 3.05) is 5.32 Å². The molecule has 1 aromatic carbocycles. The van der Waals surface area contributed by atoms with Crippen molar-refractivity contribution in [3.05, 3.63) is 52.7 Å². The summed E-state index contributed by atoms with van der Waals surface area (Å²) in [4.78, 5) is 15.9. The zero-order valence-electron chi connectivity index (χ0n) is 9.64. The minimum absolute atomic E-state index is 0.0305. The van der Waals surface area contributed by atoms with E-state index in [1.165, 1.54) is 0 Å². The van der Waals surface area contributed by atoms with Crippen LogP contribution in [0.1, 0.15) is 15.9 Å². The number of aromatic nitrogens is 1. The molecule has 0 unspecified atom stereocenters. The first-order valence-corrected chi connectivity index (χ1v) is 5.68. The van der Waals surface area contributed by atoms with Crippen LogP contribution in [-0.4, -0.2) is 16.0 Å². The van der Waals surface area contributed by atoms with Gasteiger partial charge in [-0.2, -0.15) is 0 Å². The highest BCUT2D eigenvalue weighted by molar-refractivity contribution is 6.29. The van der Waals surface area contributed by atoms with Crippen LogP contribution in [0.25, 0.3) is 0 Å². The third-order valence-electron chi connectivity index (χ3n) is 2.44. The average molecular weight is 263 g/mol. The second-order valence-electron chi connectivity index (χ2n) is 3.77. The number of aromatic hydroxyl groups is 1. The highest BCUT2D eigenvalue weighted by Gasteiger charge is 2.13. The van der Waals surface area contributed by atoms with E-state index in [-0.39, 0.29) is 11.3 Å². The van der Waals surface area contributed by atoms with Crippen LogP contribution in [0.2, 0.25) is 5.15 Å². The molecule has 0 atom stereocenters. The van der Waals surface area contributed by atoms with Crippen molar-refractivity contribution in [3.63, 3.8) is 0 Å². The molecule has 0 aliphatic heterocycles. The first-order chi connectivity index (χ1) is 8.58. The number of nitrogens with zero attached hydrogens (tertiary/aromatic N) is 1. The summed E-state index contributed by atoms with van der Waals surface area (Å²) in [5.74, 6) is -0.114. The number of phenols is 1. The molecule has 2 rings (SSSR count). The SMILES string of the molecule is Cc1cccc(C(=O)Nc2cccc(Cl)n2)c1O. The lowest BCUT2D eigenvalue weighted by molar-refractivity contribution is 0.102. The number of rotatable bonds is 2. The van der Waals surface area contributed by atoms with E-state index in [0.29, 0.717) is 16.5 Å². The number of para-hydroxylation sites is 1. The van der Waals surface area contributed by atoms with E-state index in [9.17, 15) is 9.90 Å². The van der Waals surface area contributed by atoms with Crippen molar-refractivity contribution in [2.24, 2.45) is 0 Å². The Bertz CT molecular complexity index is 599. The van der Waals surface area contributed by atoms with Crippen LogP contribution in [0.3, 0.4) is 0 Å². The Labute approximate surface area is 109 Å². The second-order valence-corrected chi connectivity index (χ2v) is 4.16. The lowest BCUT2D eigenvalue weighted by Gasteiger charge is -2.07. The minimum atomic E-state index is -0.425. The van der Waals surface area contributed by atoms with Crippen LogP contribution in [-0.2, 0) is 0 Å². The van der Waals surface area contributed by atoms with Crippen molar-refractivity contribution in [3.8, 4) is 5.75 Å². The van der Waals surface area contributed by atoms with Gasteiger partial charge in [0.25, 0.3) is 5.91 Å². The molecule has 1 heterocycles. The highest BCUT2D eigenvalue weighted by atomic mass is 35.5. The van der Waals surface area contributed by atoms with E-state index < -0.39 is 5.91 Å². The molecule has 0 fully saturated rings. The first-order valence-electron chi connectivity index (χ1n) is 5.30. The smallest absolute Gasteiger partial charge is 0.260 e. The van der Waals surface area contributed by atoms with E-state index in [2.05, 4.69) is 10.3 Å². The summed E-state index contributed by atoms with van der Waals surface area (Å²) in [5.41, 5.74) is 0.846. The van der Waals surface area contributed by atoms with Crippen molar-refractivity contribution < 1.29 is 9.90 Å². The minimum Gasteiger partial charge on any atom is -0.507 e. The van der Waals surface area contributed by atoms with Gasteiger partial charge in [0, 0.05) is 0 Å². The van der Waals surface area contributed by atoms with E-state index in [4.69, 9.17) is 11.6 Å². The molecule has 18 heavy (non-hydrogen) atoms. The molecule has 0 bridgehead atoms. The van der Waals surface area contributed by atoms with Crippen molar-refractivity contribution in [1.82, 2.24) is 4.98 Å².